The Morgan fingerprint density at radius 1 is 1.13 bits per heavy atom. The summed E-state index contributed by atoms with van der Waals surface area (Å²) in [5.74, 6) is -3.31. The van der Waals surface area contributed by atoms with E-state index in [0.717, 1.165) is 6.07 Å². The van der Waals surface area contributed by atoms with Gasteiger partial charge in [0.25, 0.3) is 0 Å². The molecule has 0 radical (unpaired) electrons. The van der Waals surface area contributed by atoms with Crippen LogP contribution < -0.4 is 0 Å². The number of carbonyl (C=O) groups excluding carboxylic acids is 1. The topological polar surface area (TPSA) is 91.8 Å². The second-order valence-electron chi connectivity index (χ2n) is 7.43. The van der Waals surface area contributed by atoms with Crippen molar-refractivity contribution in [3.63, 3.8) is 0 Å². The number of aliphatic carboxylic acids is 1. The van der Waals surface area contributed by atoms with E-state index in [9.17, 15) is 49.5 Å². The number of hydrogen-bond acceptors (Lipinski definition) is 4. The lowest BCUT2D eigenvalue weighted by Crippen LogP contribution is -2.48. The number of carboxylic acid groups (broad SMARTS) is 1. The minimum Gasteiger partial charge on any atom is -0.480 e. The molecule has 1 heterocycles. The number of carboxylic acids is 1. The zero-order valence-corrected chi connectivity index (χ0v) is 17.7. The number of benzene rings is 1. The van der Waals surface area contributed by atoms with Crippen LogP contribution in [0.15, 0.2) is 27.6 Å². The Kier molecular flexibility index (Phi) is 5.65. The van der Waals surface area contributed by atoms with Gasteiger partial charge in [0.05, 0.1) is 15.7 Å². The lowest BCUT2D eigenvalue weighted by atomic mass is 10.0. The van der Waals surface area contributed by atoms with E-state index in [4.69, 9.17) is 0 Å². The highest BCUT2D eigenvalue weighted by Gasteiger charge is 2.70. The van der Waals surface area contributed by atoms with Gasteiger partial charge in [-0.25, -0.2) is 13.2 Å². The number of likely N-dealkylation sites (tertiary alicyclic amines) is 1. The Morgan fingerprint density at radius 3 is 2.16 bits per heavy atom. The van der Waals surface area contributed by atoms with Gasteiger partial charge in [-0.2, -0.15) is 26.3 Å². The maximum atomic E-state index is 13.4. The van der Waals surface area contributed by atoms with Crippen molar-refractivity contribution < 1.29 is 49.5 Å². The molecule has 1 aliphatic carbocycles. The molecular formula is C17H14BrF6NO5S. The molecule has 31 heavy (non-hydrogen) atoms. The number of nitrogens with zero attached hydrogens (tertiary/aromatic N) is 1. The Morgan fingerprint density at radius 2 is 1.71 bits per heavy atom. The number of carbonyl (C=O) groups is 2. The molecule has 1 amide bonds. The lowest BCUT2D eigenvalue weighted by Gasteiger charge is -2.28. The zero-order valence-electron chi connectivity index (χ0n) is 15.3. The average Bonchev–Trinajstić information content (AvgIpc) is 3.32. The van der Waals surface area contributed by atoms with E-state index in [2.05, 4.69) is 15.9 Å². The first-order chi connectivity index (χ1) is 14.0. The first kappa shape index (κ1) is 23.8. The van der Waals surface area contributed by atoms with Crippen LogP contribution in [0.4, 0.5) is 26.3 Å². The van der Waals surface area contributed by atoms with Gasteiger partial charge >= 0.3 is 18.3 Å². The van der Waals surface area contributed by atoms with E-state index >= 15 is 0 Å². The molecule has 1 aliphatic heterocycles. The Labute approximate surface area is 180 Å². The van der Waals surface area contributed by atoms with E-state index in [0.29, 0.717) is 17.0 Å². The summed E-state index contributed by atoms with van der Waals surface area (Å²) in [5, 5.41) is 7.52. The normalized spacial score (nSPS) is 23.6. The summed E-state index contributed by atoms with van der Waals surface area (Å²) in [5.41, 5.74) is -4.29. The third-order valence-electron chi connectivity index (χ3n) is 5.50. The Bertz CT molecular complexity index is 1030. The van der Waals surface area contributed by atoms with Gasteiger partial charge in [-0.1, -0.05) is 15.9 Å². The summed E-state index contributed by atoms with van der Waals surface area (Å²) in [7, 11) is -4.84. The number of amides is 1. The van der Waals surface area contributed by atoms with Crippen LogP contribution in [0.1, 0.15) is 24.8 Å². The lowest BCUT2D eigenvalue weighted by molar-refractivity contribution is -0.199. The molecule has 1 saturated heterocycles. The first-order valence-corrected chi connectivity index (χ1v) is 11.1. The highest BCUT2D eigenvalue weighted by Crippen LogP contribution is 2.59. The summed E-state index contributed by atoms with van der Waals surface area (Å²) in [6, 6.07) is 0.345. The Hall–Kier alpha value is -1.83. The third kappa shape index (κ3) is 4.03. The zero-order chi connectivity index (χ0) is 23.6. The van der Waals surface area contributed by atoms with Gasteiger partial charge in [0.15, 0.2) is 9.84 Å². The van der Waals surface area contributed by atoms with Crippen molar-refractivity contribution in [2.75, 3.05) is 6.54 Å². The second-order valence-corrected chi connectivity index (χ2v) is 10.5. The van der Waals surface area contributed by atoms with Crippen LogP contribution in [-0.2, 0) is 25.6 Å². The van der Waals surface area contributed by atoms with E-state index in [1.54, 1.807) is 0 Å². The van der Waals surface area contributed by atoms with Crippen LogP contribution >= 0.6 is 15.9 Å². The molecule has 2 atom stereocenters. The van der Waals surface area contributed by atoms with Gasteiger partial charge in [-0.05, 0) is 37.5 Å². The molecule has 1 aromatic carbocycles. The van der Waals surface area contributed by atoms with Crippen molar-refractivity contribution in [1.29, 1.82) is 0 Å². The van der Waals surface area contributed by atoms with Crippen LogP contribution in [-0.4, -0.2) is 54.3 Å². The smallest absolute Gasteiger partial charge is 0.417 e. The maximum absolute atomic E-state index is 13.4. The van der Waals surface area contributed by atoms with Crippen LogP contribution in [0.25, 0.3) is 0 Å². The second kappa shape index (κ2) is 7.36. The monoisotopic (exact) mass is 537 g/mol. The molecule has 0 aromatic heterocycles. The molecule has 0 bridgehead atoms. The van der Waals surface area contributed by atoms with Crippen LogP contribution in [0, 0.1) is 5.41 Å². The van der Waals surface area contributed by atoms with Crippen molar-refractivity contribution in [1.82, 2.24) is 4.90 Å². The van der Waals surface area contributed by atoms with Gasteiger partial charge < -0.3 is 10.0 Å². The minimum atomic E-state index is -5.07. The third-order valence-corrected chi connectivity index (χ3v) is 8.18. The van der Waals surface area contributed by atoms with Gasteiger partial charge in [0, 0.05) is 11.0 Å². The molecular weight excluding hydrogens is 524 g/mol. The standard InChI is InChI=1S/C17H14BrF6NO5S/c18-8-1-2-12(10(5-8)16(19,20)21)31(29,30)9-6-11(13(26)27)25(7-9)14(28)15(3-4-15)17(22,23)24/h1-2,5,9,11H,3-4,6-7H2,(H,26,27)/t9-,11+/m1/s1. The fourth-order valence-electron chi connectivity index (χ4n) is 3.65. The van der Waals surface area contributed by atoms with Crippen molar-refractivity contribution >= 4 is 37.6 Å². The predicted octanol–water partition coefficient (Wildman–Crippen LogP) is 3.64. The fourth-order valence-corrected chi connectivity index (χ4v) is 5.90. The molecule has 1 N–H and O–H groups in total. The summed E-state index contributed by atoms with van der Waals surface area (Å²) in [6.45, 7) is -0.955. The highest BCUT2D eigenvalue weighted by atomic mass is 79.9. The summed E-state index contributed by atoms with van der Waals surface area (Å²) < 4.78 is 106. The van der Waals surface area contributed by atoms with Crippen LogP contribution in [0.3, 0.4) is 0 Å². The average molecular weight is 538 g/mol. The fraction of sp³-hybridized carbons (Fsp3) is 0.529. The summed E-state index contributed by atoms with van der Waals surface area (Å²) >= 11 is 2.81. The van der Waals surface area contributed by atoms with Gasteiger partial charge in [0.2, 0.25) is 5.91 Å². The van der Waals surface area contributed by atoms with Crippen molar-refractivity contribution in [3.8, 4) is 0 Å². The summed E-state index contributed by atoms with van der Waals surface area (Å²) in [4.78, 5) is 23.3. The van der Waals surface area contributed by atoms with Crippen molar-refractivity contribution in [2.24, 2.45) is 5.41 Å². The quantitative estimate of drug-likeness (QED) is 0.592. The van der Waals surface area contributed by atoms with E-state index < -0.39 is 87.0 Å². The SMILES string of the molecule is O=C(O)[C@@H]1C[C@@H](S(=O)(=O)c2ccc(Br)cc2C(F)(F)F)CN1C(=O)C1(C(F)(F)F)CC1. The molecule has 0 spiro atoms. The first-order valence-electron chi connectivity index (χ1n) is 8.73. The van der Waals surface area contributed by atoms with Gasteiger partial charge in [-0.3, -0.25) is 4.79 Å². The van der Waals surface area contributed by atoms with E-state index in [-0.39, 0.29) is 4.47 Å². The van der Waals surface area contributed by atoms with Gasteiger partial charge in [0.1, 0.15) is 11.5 Å². The number of hydrogen-bond donors (Lipinski definition) is 1. The molecule has 6 nitrogen and oxygen atoms in total. The molecule has 2 aliphatic rings. The van der Waals surface area contributed by atoms with Crippen LogP contribution in [0.5, 0.6) is 0 Å². The maximum Gasteiger partial charge on any atom is 0.417 e. The van der Waals surface area contributed by atoms with Crippen molar-refractivity contribution in [2.45, 2.75) is 47.8 Å². The molecule has 1 aromatic rings. The molecule has 0 unspecified atom stereocenters. The van der Waals surface area contributed by atoms with Gasteiger partial charge in [-0.15, -0.1) is 0 Å². The number of alkyl halides is 6. The number of sulfone groups is 1. The Balaban J connectivity index is 2.00. The largest absolute Gasteiger partial charge is 0.480 e. The van der Waals surface area contributed by atoms with Crippen molar-refractivity contribution in [3.05, 3.63) is 28.2 Å². The summed E-state index contributed by atoms with van der Waals surface area (Å²) in [6.07, 6.45) is -12.0. The number of halogens is 7. The van der Waals surface area contributed by atoms with E-state index in [1.807, 2.05) is 0 Å². The number of rotatable bonds is 4. The minimum absolute atomic E-state index is 0.0636. The van der Waals surface area contributed by atoms with E-state index in [1.165, 1.54) is 0 Å². The molecule has 2 fully saturated rings. The molecule has 172 valence electrons. The molecule has 14 heteroatoms. The predicted molar refractivity (Wildman–Crippen MR) is 95.6 cm³/mol. The molecule has 3 rings (SSSR count). The molecule has 1 saturated carbocycles. The highest BCUT2D eigenvalue weighted by molar-refractivity contribution is 9.10. The van der Waals surface area contributed by atoms with Crippen LogP contribution in [0.2, 0.25) is 0 Å².